The Morgan fingerprint density at radius 1 is 1.22 bits per heavy atom. The normalized spacial score (nSPS) is 26.4. The number of hydrogen-bond donors (Lipinski definition) is 0. The van der Waals surface area contributed by atoms with Crippen LogP contribution in [0.2, 0.25) is 0 Å². The molecule has 0 unspecified atom stereocenters. The highest BCUT2D eigenvalue weighted by Crippen LogP contribution is 2.54. The van der Waals surface area contributed by atoms with Crippen LogP contribution in [0.4, 0.5) is 0 Å². The molecule has 190 valence electrons. The standard InChI is InChI=1S/C30H30N2O5/c1-17(2)22-12-23-18(3)27-25(14-24(35-29(27)34)21-6-5-11-32-16-21)37-30(23,4)26(13-22)36-28(33)20-9-7-19(15-31)8-10-20/h5-11,14,16-18,22-23,26H,12-13H2,1-4H3/t18-,22+,23+,26+,30+/m1/s1. The number of carbonyl (C=O) groups is 1. The molecule has 0 radical (unpaired) electrons. The van der Waals surface area contributed by atoms with Gasteiger partial charge in [0.2, 0.25) is 0 Å². The van der Waals surface area contributed by atoms with Gasteiger partial charge in [0.1, 0.15) is 23.2 Å². The van der Waals surface area contributed by atoms with Crippen molar-refractivity contribution in [2.45, 2.75) is 58.2 Å². The van der Waals surface area contributed by atoms with Gasteiger partial charge >= 0.3 is 11.6 Å². The molecule has 0 saturated heterocycles. The van der Waals surface area contributed by atoms with E-state index in [0.717, 1.165) is 6.42 Å². The number of pyridine rings is 1. The van der Waals surface area contributed by atoms with Gasteiger partial charge in [-0.3, -0.25) is 4.98 Å². The van der Waals surface area contributed by atoms with Gasteiger partial charge in [-0.2, -0.15) is 5.26 Å². The van der Waals surface area contributed by atoms with Gasteiger partial charge in [-0.15, -0.1) is 0 Å². The number of esters is 1. The van der Waals surface area contributed by atoms with Gasteiger partial charge in [0, 0.05) is 29.9 Å². The van der Waals surface area contributed by atoms with E-state index < -0.39 is 23.3 Å². The van der Waals surface area contributed by atoms with Gasteiger partial charge in [0.15, 0.2) is 0 Å². The zero-order chi connectivity index (χ0) is 26.3. The lowest BCUT2D eigenvalue weighted by Gasteiger charge is -2.54. The fraction of sp³-hybridized carbons (Fsp3) is 0.400. The van der Waals surface area contributed by atoms with Crippen LogP contribution in [0.15, 0.2) is 64.1 Å². The third-order valence-corrected chi connectivity index (χ3v) is 8.18. The third-order valence-electron chi connectivity index (χ3n) is 8.18. The highest BCUT2D eigenvalue weighted by molar-refractivity contribution is 5.89. The molecule has 37 heavy (non-hydrogen) atoms. The van der Waals surface area contributed by atoms with E-state index in [2.05, 4.69) is 24.9 Å². The quantitative estimate of drug-likeness (QED) is 0.423. The molecule has 3 aromatic rings. The average Bonchev–Trinajstić information content (AvgIpc) is 2.89. The summed E-state index contributed by atoms with van der Waals surface area (Å²) in [5.41, 5.74) is 0.818. The summed E-state index contributed by atoms with van der Waals surface area (Å²) in [6.45, 7) is 8.36. The van der Waals surface area contributed by atoms with Crippen molar-refractivity contribution in [2.24, 2.45) is 17.8 Å². The van der Waals surface area contributed by atoms with Crippen LogP contribution in [0.5, 0.6) is 5.75 Å². The van der Waals surface area contributed by atoms with Gasteiger partial charge < -0.3 is 13.9 Å². The second-order valence-electron chi connectivity index (χ2n) is 10.7. The first-order chi connectivity index (χ1) is 17.7. The molecule has 0 amide bonds. The summed E-state index contributed by atoms with van der Waals surface area (Å²) in [6, 6.07) is 13.8. The minimum Gasteiger partial charge on any atom is -0.483 e. The van der Waals surface area contributed by atoms with Crippen molar-refractivity contribution in [3.63, 3.8) is 0 Å². The molecule has 0 bridgehead atoms. The van der Waals surface area contributed by atoms with Crippen LogP contribution >= 0.6 is 0 Å². The lowest BCUT2D eigenvalue weighted by Crippen LogP contribution is -2.60. The lowest BCUT2D eigenvalue weighted by atomic mass is 9.61. The second-order valence-corrected chi connectivity index (χ2v) is 10.7. The number of hydrogen-bond acceptors (Lipinski definition) is 7. The lowest BCUT2D eigenvalue weighted by molar-refractivity contribution is -0.143. The highest BCUT2D eigenvalue weighted by Gasteiger charge is 2.57. The number of rotatable bonds is 4. The molecule has 1 fully saturated rings. The molecule has 7 nitrogen and oxygen atoms in total. The molecule has 5 rings (SSSR count). The molecule has 1 aromatic carbocycles. The minimum absolute atomic E-state index is 0.0490. The molecule has 3 heterocycles. The van der Waals surface area contributed by atoms with E-state index >= 15 is 0 Å². The summed E-state index contributed by atoms with van der Waals surface area (Å²) < 4.78 is 18.5. The number of carbonyl (C=O) groups excluding carboxylic acids is 1. The number of nitriles is 1. The van der Waals surface area contributed by atoms with Gasteiger partial charge in [-0.05, 0) is 73.9 Å². The van der Waals surface area contributed by atoms with E-state index in [1.54, 1.807) is 48.8 Å². The first kappa shape index (κ1) is 24.8. The maximum Gasteiger partial charge on any atom is 0.343 e. The molecule has 2 aromatic heterocycles. The van der Waals surface area contributed by atoms with Crippen LogP contribution in [0.1, 0.15) is 67.9 Å². The number of benzene rings is 1. The van der Waals surface area contributed by atoms with Crippen LogP contribution in [0.25, 0.3) is 11.3 Å². The van der Waals surface area contributed by atoms with Crippen molar-refractivity contribution in [3.05, 3.63) is 82.0 Å². The molecule has 0 N–H and O–H groups in total. The summed E-state index contributed by atoms with van der Waals surface area (Å²) in [7, 11) is 0. The van der Waals surface area contributed by atoms with E-state index in [0.29, 0.717) is 52.0 Å². The third kappa shape index (κ3) is 4.42. The van der Waals surface area contributed by atoms with E-state index in [1.807, 2.05) is 19.9 Å². The van der Waals surface area contributed by atoms with Gasteiger partial charge in [-0.25, -0.2) is 9.59 Å². The predicted octanol–water partition coefficient (Wildman–Crippen LogP) is 5.74. The van der Waals surface area contributed by atoms with Gasteiger partial charge in [-0.1, -0.05) is 20.8 Å². The fourth-order valence-electron chi connectivity index (χ4n) is 5.90. The molecule has 0 spiro atoms. The van der Waals surface area contributed by atoms with E-state index in [1.165, 1.54) is 0 Å². The smallest absolute Gasteiger partial charge is 0.343 e. The monoisotopic (exact) mass is 498 g/mol. The Balaban J connectivity index is 1.53. The molecule has 1 aliphatic heterocycles. The van der Waals surface area contributed by atoms with Crippen LogP contribution < -0.4 is 10.4 Å². The Labute approximate surface area is 216 Å². The first-order valence-corrected chi connectivity index (χ1v) is 12.7. The molecule has 5 atom stereocenters. The molecule has 1 saturated carbocycles. The zero-order valence-corrected chi connectivity index (χ0v) is 21.4. The molecular formula is C30H30N2O5. The van der Waals surface area contributed by atoms with Crippen LogP contribution in [0, 0.1) is 29.1 Å². The SMILES string of the molecule is CC(C)[C@@H]1C[C@H](OC(=O)c2ccc(C#N)cc2)[C@@]2(C)Oc3cc(-c4cccnc4)oc(=O)c3[C@H](C)[C@@H]2C1. The van der Waals surface area contributed by atoms with Crippen molar-refractivity contribution in [3.8, 4) is 23.1 Å². The van der Waals surface area contributed by atoms with E-state index in [-0.39, 0.29) is 11.8 Å². The highest BCUT2D eigenvalue weighted by atomic mass is 16.6. The van der Waals surface area contributed by atoms with Crippen molar-refractivity contribution >= 4 is 5.97 Å². The summed E-state index contributed by atoms with van der Waals surface area (Å²) in [4.78, 5) is 30.5. The van der Waals surface area contributed by atoms with Crippen LogP contribution in [-0.4, -0.2) is 22.7 Å². The molecule has 1 aliphatic carbocycles. The number of fused-ring (bicyclic) bond motifs is 2. The number of aromatic nitrogens is 1. The maximum absolute atomic E-state index is 13.2. The van der Waals surface area contributed by atoms with Crippen molar-refractivity contribution in [1.29, 1.82) is 5.26 Å². The van der Waals surface area contributed by atoms with Crippen molar-refractivity contribution in [1.82, 2.24) is 4.98 Å². The maximum atomic E-state index is 13.2. The Morgan fingerprint density at radius 3 is 2.62 bits per heavy atom. The topological polar surface area (TPSA) is 102 Å². The predicted molar refractivity (Wildman–Crippen MR) is 137 cm³/mol. The number of ether oxygens (including phenoxy) is 2. The average molecular weight is 499 g/mol. The Morgan fingerprint density at radius 2 is 1.97 bits per heavy atom. The minimum atomic E-state index is -0.833. The van der Waals surface area contributed by atoms with Gasteiger partial charge in [0.25, 0.3) is 0 Å². The van der Waals surface area contributed by atoms with Crippen molar-refractivity contribution < 1.29 is 18.7 Å². The van der Waals surface area contributed by atoms with Gasteiger partial charge in [0.05, 0.1) is 22.8 Å². The van der Waals surface area contributed by atoms with Crippen LogP contribution in [0.3, 0.4) is 0 Å². The first-order valence-electron chi connectivity index (χ1n) is 12.7. The van der Waals surface area contributed by atoms with E-state index in [4.69, 9.17) is 19.2 Å². The Hall–Kier alpha value is -3.92. The van der Waals surface area contributed by atoms with E-state index in [9.17, 15) is 9.59 Å². The summed E-state index contributed by atoms with van der Waals surface area (Å²) in [5, 5.41) is 9.07. The second kappa shape index (κ2) is 9.51. The Bertz CT molecular complexity index is 1410. The number of nitrogens with zero attached hydrogens (tertiary/aromatic N) is 2. The molecule has 7 heteroatoms. The Kier molecular flexibility index (Phi) is 6.36. The summed E-state index contributed by atoms with van der Waals surface area (Å²) in [5.74, 6) is 0.865. The molecular weight excluding hydrogens is 468 g/mol. The summed E-state index contributed by atoms with van der Waals surface area (Å²) >= 11 is 0. The fourth-order valence-corrected chi connectivity index (χ4v) is 5.90. The van der Waals surface area contributed by atoms with Crippen LogP contribution in [-0.2, 0) is 4.74 Å². The largest absolute Gasteiger partial charge is 0.483 e. The van der Waals surface area contributed by atoms with Crippen molar-refractivity contribution in [2.75, 3.05) is 0 Å². The molecule has 2 aliphatic rings. The zero-order valence-electron chi connectivity index (χ0n) is 21.4. The summed E-state index contributed by atoms with van der Waals surface area (Å²) in [6.07, 6.45) is 4.28.